The summed E-state index contributed by atoms with van der Waals surface area (Å²) in [6, 6.07) is 7.75. The van der Waals surface area contributed by atoms with Crippen LogP contribution in [0, 0.1) is 17.5 Å². The molecule has 0 spiro atoms. The van der Waals surface area contributed by atoms with E-state index in [1.807, 2.05) is 0 Å². The van der Waals surface area contributed by atoms with Crippen molar-refractivity contribution in [1.82, 2.24) is 5.32 Å². The standard InChI is InChI=1S/C19H16F3NO3/c1-12(16-8-7-15(21)10-17(16)22)23-18(24)11-26-19(25)9-4-13-2-5-14(20)6-3-13/h2-10,12H,11H2,1H3,(H,23,24)/b9-4+. The highest BCUT2D eigenvalue weighted by molar-refractivity contribution is 5.89. The maximum absolute atomic E-state index is 13.6. The highest BCUT2D eigenvalue weighted by atomic mass is 19.1. The molecule has 0 bridgehead atoms. The summed E-state index contributed by atoms with van der Waals surface area (Å²) >= 11 is 0. The Morgan fingerprint density at radius 1 is 1.08 bits per heavy atom. The zero-order chi connectivity index (χ0) is 19.1. The van der Waals surface area contributed by atoms with E-state index in [9.17, 15) is 22.8 Å². The van der Waals surface area contributed by atoms with Crippen LogP contribution >= 0.6 is 0 Å². The summed E-state index contributed by atoms with van der Waals surface area (Å²) in [7, 11) is 0. The van der Waals surface area contributed by atoms with E-state index in [4.69, 9.17) is 4.74 Å². The van der Waals surface area contributed by atoms with Crippen molar-refractivity contribution in [3.8, 4) is 0 Å². The monoisotopic (exact) mass is 363 g/mol. The highest BCUT2D eigenvalue weighted by Gasteiger charge is 2.15. The smallest absolute Gasteiger partial charge is 0.331 e. The number of benzene rings is 2. The second-order valence-corrected chi connectivity index (χ2v) is 5.45. The molecule has 0 aliphatic carbocycles. The zero-order valence-electron chi connectivity index (χ0n) is 13.8. The number of halogens is 3. The lowest BCUT2D eigenvalue weighted by Crippen LogP contribution is -2.31. The normalized spacial score (nSPS) is 12.0. The topological polar surface area (TPSA) is 55.4 Å². The van der Waals surface area contributed by atoms with Crippen LogP contribution in [0.1, 0.15) is 24.1 Å². The summed E-state index contributed by atoms with van der Waals surface area (Å²) in [5.41, 5.74) is 0.704. The molecule has 1 atom stereocenters. The van der Waals surface area contributed by atoms with Crippen LogP contribution in [-0.2, 0) is 14.3 Å². The van der Waals surface area contributed by atoms with Crippen molar-refractivity contribution in [2.75, 3.05) is 6.61 Å². The molecule has 0 aliphatic rings. The SMILES string of the molecule is CC(NC(=O)COC(=O)/C=C/c1ccc(F)cc1)c1ccc(F)cc1F. The molecule has 0 fully saturated rings. The van der Waals surface area contributed by atoms with Gasteiger partial charge in [-0.15, -0.1) is 0 Å². The first-order chi connectivity index (χ1) is 12.3. The fraction of sp³-hybridized carbons (Fsp3) is 0.158. The van der Waals surface area contributed by atoms with E-state index in [-0.39, 0.29) is 5.56 Å². The fourth-order valence-corrected chi connectivity index (χ4v) is 2.14. The number of carbonyl (C=O) groups excluding carboxylic acids is 2. The van der Waals surface area contributed by atoms with Gasteiger partial charge in [0.15, 0.2) is 6.61 Å². The van der Waals surface area contributed by atoms with Crippen LogP contribution in [0.2, 0.25) is 0 Å². The van der Waals surface area contributed by atoms with Crippen molar-refractivity contribution in [2.45, 2.75) is 13.0 Å². The lowest BCUT2D eigenvalue weighted by atomic mass is 10.1. The molecule has 4 nitrogen and oxygen atoms in total. The van der Waals surface area contributed by atoms with Crippen LogP contribution in [0.25, 0.3) is 6.08 Å². The molecular formula is C19H16F3NO3. The summed E-state index contributed by atoms with van der Waals surface area (Å²) < 4.78 is 44.1. The van der Waals surface area contributed by atoms with E-state index in [1.165, 1.54) is 43.3 Å². The number of carbonyl (C=O) groups is 2. The Morgan fingerprint density at radius 3 is 2.38 bits per heavy atom. The molecule has 136 valence electrons. The predicted molar refractivity (Wildman–Crippen MR) is 89.3 cm³/mol. The van der Waals surface area contributed by atoms with Crippen LogP contribution in [0.4, 0.5) is 13.2 Å². The van der Waals surface area contributed by atoms with Gasteiger partial charge >= 0.3 is 5.97 Å². The molecule has 2 aromatic rings. The van der Waals surface area contributed by atoms with Crippen molar-refractivity contribution in [2.24, 2.45) is 0 Å². The molecule has 0 saturated heterocycles. The largest absolute Gasteiger partial charge is 0.452 e. The van der Waals surface area contributed by atoms with E-state index in [0.717, 1.165) is 18.2 Å². The average molecular weight is 363 g/mol. The summed E-state index contributed by atoms with van der Waals surface area (Å²) in [4.78, 5) is 23.3. The van der Waals surface area contributed by atoms with Crippen molar-refractivity contribution in [1.29, 1.82) is 0 Å². The van der Waals surface area contributed by atoms with E-state index in [2.05, 4.69) is 5.32 Å². The summed E-state index contributed by atoms with van der Waals surface area (Å²) in [6.45, 7) is 0.963. The minimum Gasteiger partial charge on any atom is -0.452 e. The Hall–Kier alpha value is -3.09. The average Bonchev–Trinajstić information content (AvgIpc) is 2.59. The van der Waals surface area contributed by atoms with Crippen LogP contribution in [0.3, 0.4) is 0 Å². The van der Waals surface area contributed by atoms with Gasteiger partial charge in [-0.1, -0.05) is 18.2 Å². The van der Waals surface area contributed by atoms with Crippen LogP contribution in [-0.4, -0.2) is 18.5 Å². The maximum atomic E-state index is 13.6. The van der Waals surface area contributed by atoms with E-state index in [1.54, 1.807) is 0 Å². The van der Waals surface area contributed by atoms with E-state index in [0.29, 0.717) is 5.56 Å². The van der Waals surface area contributed by atoms with E-state index >= 15 is 0 Å². The van der Waals surface area contributed by atoms with Crippen molar-refractivity contribution >= 4 is 18.0 Å². The van der Waals surface area contributed by atoms with Crippen molar-refractivity contribution in [3.05, 3.63) is 77.1 Å². The minimum atomic E-state index is -0.781. The van der Waals surface area contributed by atoms with Gasteiger partial charge in [0.1, 0.15) is 17.5 Å². The molecule has 1 unspecified atom stereocenters. The number of rotatable bonds is 6. The quantitative estimate of drug-likeness (QED) is 0.631. The molecule has 2 rings (SSSR count). The first kappa shape index (κ1) is 19.2. The first-order valence-corrected chi connectivity index (χ1v) is 7.70. The van der Waals surface area contributed by atoms with Crippen LogP contribution in [0.5, 0.6) is 0 Å². The van der Waals surface area contributed by atoms with Crippen LogP contribution < -0.4 is 5.32 Å². The molecule has 0 aromatic heterocycles. The molecule has 0 aliphatic heterocycles. The van der Waals surface area contributed by atoms with Gasteiger partial charge in [-0.2, -0.15) is 0 Å². The summed E-state index contributed by atoms with van der Waals surface area (Å²) in [6.07, 6.45) is 2.51. The molecular weight excluding hydrogens is 347 g/mol. The molecule has 1 amide bonds. The van der Waals surface area contributed by atoms with Gasteiger partial charge in [-0.3, -0.25) is 4.79 Å². The predicted octanol–water partition coefficient (Wildman–Crippen LogP) is 3.54. The molecule has 7 heteroatoms. The first-order valence-electron chi connectivity index (χ1n) is 7.70. The third-order valence-corrected chi connectivity index (χ3v) is 3.43. The highest BCUT2D eigenvalue weighted by Crippen LogP contribution is 2.17. The molecule has 1 N–H and O–H groups in total. The van der Waals surface area contributed by atoms with Gasteiger partial charge in [-0.05, 0) is 36.8 Å². The third-order valence-electron chi connectivity index (χ3n) is 3.43. The maximum Gasteiger partial charge on any atom is 0.331 e. The Morgan fingerprint density at radius 2 is 1.73 bits per heavy atom. The number of esters is 1. The molecule has 2 aromatic carbocycles. The van der Waals surface area contributed by atoms with Gasteiger partial charge in [0.2, 0.25) is 0 Å². The Balaban J connectivity index is 1.82. The molecule has 0 saturated carbocycles. The van der Waals surface area contributed by atoms with Gasteiger partial charge in [-0.25, -0.2) is 18.0 Å². The van der Waals surface area contributed by atoms with E-state index < -0.39 is 42.0 Å². The summed E-state index contributed by atoms with van der Waals surface area (Å²) in [5, 5.41) is 2.45. The van der Waals surface area contributed by atoms with Crippen LogP contribution in [0.15, 0.2) is 48.5 Å². The van der Waals surface area contributed by atoms with Gasteiger partial charge in [0.05, 0.1) is 6.04 Å². The Bertz CT molecular complexity index is 819. The number of ether oxygens (including phenoxy) is 1. The lowest BCUT2D eigenvalue weighted by molar-refractivity contribution is -0.144. The molecule has 26 heavy (non-hydrogen) atoms. The zero-order valence-corrected chi connectivity index (χ0v) is 13.8. The minimum absolute atomic E-state index is 0.113. The van der Waals surface area contributed by atoms with Gasteiger partial charge in [0, 0.05) is 17.7 Å². The number of amides is 1. The second kappa shape index (κ2) is 8.84. The molecule has 0 radical (unpaired) electrons. The Kier molecular flexibility index (Phi) is 6.54. The lowest BCUT2D eigenvalue weighted by Gasteiger charge is -2.15. The summed E-state index contributed by atoms with van der Waals surface area (Å²) in [5.74, 6) is -3.29. The van der Waals surface area contributed by atoms with Crippen molar-refractivity contribution < 1.29 is 27.5 Å². The fourth-order valence-electron chi connectivity index (χ4n) is 2.14. The Labute approximate surface area is 148 Å². The third kappa shape index (κ3) is 5.77. The number of hydrogen-bond acceptors (Lipinski definition) is 3. The number of nitrogens with one attached hydrogen (secondary N) is 1. The molecule has 0 heterocycles. The second-order valence-electron chi connectivity index (χ2n) is 5.45. The van der Waals surface area contributed by atoms with Gasteiger partial charge in [0.25, 0.3) is 5.91 Å². The number of hydrogen-bond donors (Lipinski definition) is 1. The van der Waals surface area contributed by atoms with Gasteiger partial charge < -0.3 is 10.1 Å². The van der Waals surface area contributed by atoms with Crippen molar-refractivity contribution in [3.63, 3.8) is 0 Å².